The second-order valence-electron chi connectivity index (χ2n) is 6.05. The van der Waals surface area contributed by atoms with Gasteiger partial charge in [0, 0.05) is 30.9 Å². The van der Waals surface area contributed by atoms with Crippen LogP contribution in [0.25, 0.3) is 5.65 Å². The summed E-state index contributed by atoms with van der Waals surface area (Å²) in [4.78, 5) is 4.61. The summed E-state index contributed by atoms with van der Waals surface area (Å²) in [5.41, 5.74) is 3.54. The average molecular weight is 279 g/mol. The molecule has 1 N–H and O–H groups in total. The maximum Gasteiger partial charge on any atom is 0.137 e. The molecule has 2 aromatic heterocycles. The van der Waals surface area contributed by atoms with E-state index < -0.39 is 0 Å². The van der Waals surface area contributed by atoms with Crippen molar-refractivity contribution in [2.24, 2.45) is 0 Å². The average Bonchev–Trinajstić information content (AvgIpc) is 2.90. The SMILES string of the molecule is CC(C)(CNCc1cn2ccccc2n1)c1ccccc1. The van der Waals surface area contributed by atoms with Gasteiger partial charge in [-0.1, -0.05) is 50.2 Å². The van der Waals surface area contributed by atoms with Gasteiger partial charge in [0.05, 0.1) is 5.69 Å². The highest BCUT2D eigenvalue weighted by atomic mass is 15.0. The van der Waals surface area contributed by atoms with Crippen molar-refractivity contribution >= 4 is 5.65 Å². The van der Waals surface area contributed by atoms with Gasteiger partial charge in [0.1, 0.15) is 5.65 Å². The minimum atomic E-state index is 0.112. The van der Waals surface area contributed by atoms with E-state index >= 15 is 0 Å². The minimum Gasteiger partial charge on any atom is -0.310 e. The van der Waals surface area contributed by atoms with Crippen LogP contribution in [-0.2, 0) is 12.0 Å². The Kier molecular flexibility index (Phi) is 3.76. The number of pyridine rings is 1. The Morgan fingerprint density at radius 1 is 1.05 bits per heavy atom. The van der Waals surface area contributed by atoms with Crippen LogP contribution in [0.4, 0.5) is 0 Å². The lowest BCUT2D eigenvalue weighted by Gasteiger charge is -2.25. The first kappa shape index (κ1) is 13.8. The van der Waals surface area contributed by atoms with Gasteiger partial charge >= 0.3 is 0 Å². The number of nitrogens with zero attached hydrogens (tertiary/aromatic N) is 2. The molecule has 0 atom stereocenters. The third-order valence-electron chi connectivity index (χ3n) is 3.84. The summed E-state index contributed by atoms with van der Waals surface area (Å²) in [6.45, 7) is 6.24. The van der Waals surface area contributed by atoms with Crippen LogP contribution in [0.1, 0.15) is 25.1 Å². The number of aromatic nitrogens is 2. The molecule has 0 aliphatic heterocycles. The molecule has 3 nitrogen and oxygen atoms in total. The van der Waals surface area contributed by atoms with E-state index in [0.717, 1.165) is 24.4 Å². The number of rotatable bonds is 5. The third kappa shape index (κ3) is 3.14. The van der Waals surface area contributed by atoms with Crippen LogP contribution >= 0.6 is 0 Å². The highest BCUT2D eigenvalue weighted by Crippen LogP contribution is 2.21. The molecule has 0 aliphatic carbocycles. The van der Waals surface area contributed by atoms with Gasteiger partial charge in [-0.05, 0) is 17.7 Å². The lowest BCUT2D eigenvalue weighted by Crippen LogP contribution is -2.32. The van der Waals surface area contributed by atoms with E-state index in [2.05, 4.69) is 65.1 Å². The number of benzene rings is 1. The number of nitrogens with one attached hydrogen (secondary N) is 1. The van der Waals surface area contributed by atoms with Crippen LogP contribution in [0.3, 0.4) is 0 Å². The van der Waals surface area contributed by atoms with Gasteiger partial charge in [-0.3, -0.25) is 0 Å². The molecular weight excluding hydrogens is 258 g/mol. The van der Waals surface area contributed by atoms with Gasteiger partial charge in [0.25, 0.3) is 0 Å². The first-order chi connectivity index (χ1) is 10.1. The molecular formula is C18H21N3. The molecule has 21 heavy (non-hydrogen) atoms. The summed E-state index contributed by atoms with van der Waals surface area (Å²) in [5.74, 6) is 0. The molecule has 0 amide bonds. The van der Waals surface area contributed by atoms with Gasteiger partial charge in [-0.15, -0.1) is 0 Å². The Morgan fingerprint density at radius 2 is 1.81 bits per heavy atom. The molecule has 0 bridgehead atoms. The van der Waals surface area contributed by atoms with Crippen LogP contribution in [0.5, 0.6) is 0 Å². The van der Waals surface area contributed by atoms with Gasteiger partial charge in [-0.25, -0.2) is 4.98 Å². The van der Waals surface area contributed by atoms with Crippen molar-refractivity contribution in [1.82, 2.24) is 14.7 Å². The van der Waals surface area contributed by atoms with Crippen molar-refractivity contribution in [2.45, 2.75) is 25.8 Å². The molecule has 3 rings (SSSR count). The van der Waals surface area contributed by atoms with E-state index in [1.165, 1.54) is 5.56 Å². The molecule has 2 heterocycles. The predicted molar refractivity (Wildman–Crippen MR) is 86.4 cm³/mol. The Balaban J connectivity index is 1.63. The quantitative estimate of drug-likeness (QED) is 0.775. The lowest BCUT2D eigenvalue weighted by atomic mass is 9.84. The summed E-state index contributed by atoms with van der Waals surface area (Å²) in [6, 6.07) is 16.7. The number of hydrogen-bond acceptors (Lipinski definition) is 2. The second kappa shape index (κ2) is 5.70. The standard InChI is InChI=1S/C18H21N3/c1-18(2,15-8-4-3-5-9-15)14-19-12-16-13-21-11-7-6-10-17(21)20-16/h3-11,13,19H,12,14H2,1-2H3. The monoisotopic (exact) mass is 279 g/mol. The molecule has 0 unspecified atom stereocenters. The zero-order valence-corrected chi connectivity index (χ0v) is 12.6. The molecule has 0 fully saturated rings. The van der Waals surface area contributed by atoms with Crippen molar-refractivity contribution in [3.63, 3.8) is 0 Å². The Labute approximate surface area is 125 Å². The lowest BCUT2D eigenvalue weighted by molar-refractivity contribution is 0.467. The molecule has 0 saturated carbocycles. The molecule has 3 aromatic rings. The van der Waals surface area contributed by atoms with Crippen molar-refractivity contribution in [3.05, 3.63) is 72.2 Å². The number of fused-ring (bicyclic) bond motifs is 1. The van der Waals surface area contributed by atoms with Crippen molar-refractivity contribution in [2.75, 3.05) is 6.54 Å². The Morgan fingerprint density at radius 3 is 2.57 bits per heavy atom. The first-order valence-electron chi connectivity index (χ1n) is 7.34. The van der Waals surface area contributed by atoms with Crippen LogP contribution in [0.15, 0.2) is 60.9 Å². The van der Waals surface area contributed by atoms with Gasteiger partial charge in [0.15, 0.2) is 0 Å². The fourth-order valence-corrected chi connectivity index (χ4v) is 2.57. The molecule has 108 valence electrons. The normalized spacial score (nSPS) is 11.9. The van der Waals surface area contributed by atoms with E-state index in [9.17, 15) is 0 Å². The van der Waals surface area contributed by atoms with E-state index in [1.807, 2.05) is 24.4 Å². The summed E-state index contributed by atoms with van der Waals surface area (Å²) < 4.78 is 2.05. The van der Waals surface area contributed by atoms with Gasteiger partial charge < -0.3 is 9.72 Å². The largest absolute Gasteiger partial charge is 0.310 e. The fourth-order valence-electron chi connectivity index (χ4n) is 2.57. The smallest absolute Gasteiger partial charge is 0.137 e. The zero-order chi connectivity index (χ0) is 14.7. The first-order valence-corrected chi connectivity index (χ1v) is 7.34. The Hall–Kier alpha value is -2.13. The molecule has 0 radical (unpaired) electrons. The van der Waals surface area contributed by atoms with Crippen molar-refractivity contribution < 1.29 is 0 Å². The maximum atomic E-state index is 4.61. The maximum absolute atomic E-state index is 4.61. The highest BCUT2D eigenvalue weighted by Gasteiger charge is 2.19. The number of imidazole rings is 1. The zero-order valence-electron chi connectivity index (χ0n) is 12.6. The summed E-state index contributed by atoms with van der Waals surface area (Å²) in [5, 5.41) is 3.53. The van der Waals surface area contributed by atoms with Crippen LogP contribution < -0.4 is 5.32 Å². The summed E-state index contributed by atoms with van der Waals surface area (Å²) >= 11 is 0. The Bertz CT molecular complexity index is 680. The van der Waals surface area contributed by atoms with E-state index in [4.69, 9.17) is 0 Å². The summed E-state index contributed by atoms with van der Waals surface area (Å²) in [6.07, 6.45) is 4.11. The van der Waals surface area contributed by atoms with Gasteiger partial charge in [-0.2, -0.15) is 0 Å². The van der Waals surface area contributed by atoms with E-state index in [-0.39, 0.29) is 5.41 Å². The topological polar surface area (TPSA) is 29.3 Å². The predicted octanol–water partition coefficient (Wildman–Crippen LogP) is 3.40. The fraction of sp³-hybridized carbons (Fsp3) is 0.278. The summed E-state index contributed by atoms with van der Waals surface area (Å²) in [7, 11) is 0. The van der Waals surface area contributed by atoms with E-state index in [0.29, 0.717) is 0 Å². The second-order valence-corrected chi connectivity index (χ2v) is 6.05. The molecule has 3 heteroatoms. The number of hydrogen-bond donors (Lipinski definition) is 1. The van der Waals surface area contributed by atoms with E-state index in [1.54, 1.807) is 0 Å². The molecule has 0 saturated heterocycles. The minimum absolute atomic E-state index is 0.112. The molecule has 0 aliphatic rings. The van der Waals surface area contributed by atoms with Crippen LogP contribution in [0.2, 0.25) is 0 Å². The van der Waals surface area contributed by atoms with Crippen molar-refractivity contribution in [1.29, 1.82) is 0 Å². The van der Waals surface area contributed by atoms with Crippen molar-refractivity contribution in [3.8, 4) is 0 Å². The third-order valence-corrected chi connectivity index (χ3v) is 3.84. The molecule has 0 spiro atoms. The van der Waals surface area contributed by atoms with Gasteiger partial charge in [0.2, 0.25) is 0 Å². The molecule has 1 aromatic carbocycles. The van der Waals surface area contributed by atoms with Crippen LogP contribution in [0, 0.1) is 0 Å². The van der Waals surface area contributed by atoms with Crippen LogP contribution in [-0.4, -0.2) is 15.9 Å². The highest BCUT2D eigenvalue weighted by molar-refractivity contribution is 5.39.